The Bertz CT molecular complexity index is 721. The predicted octanol–water partition coefficient (Wildman–Crippen LogP) is 1.01. The molecule has 1 amide bonds. The van der Waals surface area contributed by atoms with Crippen molar-refractivity contribution in [2.45, 2.75) is 36.2 Å². The van der Waals surface area contributed by atoms with Crippen LogP contribution in [0.1, 0.15) is 19.3 Å². The number of anilines is 1. The molecule has 1 saturated carbocycles. The van der Waals surface area contributed by atoms with Gasteiger partial charge in [-0.25, -0.2) is 17.5 Å². The Balaban J connectivity index is 0.00000225. The molecular formula is C15H21ClFN3O4S. The molecular weight excluding hydrogens is 373 g/mol. The molecule has 1 aromatic carbocycles. The number of nitrogens with one attached hydrogen (secondary N) is 3. The maximum atomic E-state index is 13.9. The minimum Gasteiger partial charge on any atom is -0.378 e. The lowest BCUT2D eigenvalue weighted by Gasteiger charge is -2.23. The maximum absolute atomic E-state index is 13.9. The Kier molecular flexibility index (Phi) is 6.75. The highest BCUT2D eigenvalue weighted by atomic mass is 35.5. The summed E-state index contributed by atoms with van der Waals surface area (Å²) in [5.74, 6) is -1.13. The van der Waals surface area contributed by atoms with Gasteiger partial charge in [0.2, 0.25) is 15.9 Å². The molecule has 2 fully saturated rings. The average molecular weight is 394 g/mol. The van der Waals surface area contributed by atoms with E-state index >= 15 is 0 Å². The van der Waals surface area contributed by atoms with Gasteiger partial charge in [0.25, 0.3) is 0 Å². The zero-order chi connectivity index (χ0) is 17.2. The Labute approximate surface area is 152 Å². The first kappa shape index (κ1) is 20.1. The molecule has 0 spiro atoms. The molecule has 1 atom stereocenters. The number of hydrogen-bond donors (Lipinski definition) is 3. The molecule has 1 unspecified atom stereocenters. The predicted molar refractivity (Wildman–Crippen MR) is 92.8 cm³/mol. The van der Waals surface area contributed by atoms with Crippen LogP contribution in [0, 0.1) is 5.82 Å². The Morgan fingerprint density at radius 3 is 2.76 bits per heavy atom. The van der Waals surface area contributed by atoms with Crippen molar-refractivity contribution in [3.63, 3.8) is 0 Å². The normalized spacial score (nSPS) is 20.6. The second kappa shape index (κ2) is 8.41. The van der Waals surface area contributed by atoms with Crippen LogP contribution in [0.15, 0.2) is 23.1 Å². The van der Waals surface area contributed by atoms with Crippen molar-refractivity contribution in [3.8, 4) is 0 Å². The van der Waals surface area contributed by atoms with E-state index < -0.39 is 20.7 Å². The van der Waals surface area contributed by atoms with Crippen LogP contribution in [0.3, 0.4) is 0 Å². The average Bonchev–Trinajstić information content (AvgIpc) is 3.33. The summed E-state index contributed by atoms with van der Waals surface area (Å²) in [5.41, 5.74) is 0.245. The van der Waals surface area contributed by atoms with Crippen LogP contribution in [0.25, 0.3) is 0 Å². The number of sulfonamides is 1. The van der Waals surface area contributed by atoms with E-state index in [1.807, 2.05) is 0 Å². The molecule has 10 heteroatoms. The number of rotatable bonds is 6. The molecule has 0 aromatic heterocycles. The molecule has 1 aliphatic carbocycles. The quantitative estimate of drug-likeness (QED) is 0.670. The van der Waals surface area contributed by atoms with E-state index in [1.54, 1.807) is 0 Å². The van der Waals surface area contributed by atoms with Gasteiger partial charge >= 0.3 is 0 Å². The van der Waals surface area contributed by atoms with Gasteiger partial charge in [0.1, 0.15) is 10.7 Å². The van der Waals surface area contributed by atoms with Gasteiger partial charge in [-0.2, -0.15) is 0 Å². The summed E-state index contributed by atoms with van der Waals surface area (Å²) in [5, 5.41) is 5.76. The van der Waals surface area contributed by atoms with E-state index in [0.717, 1.165) is 25.0 Å². The van der Waals surface area contributed by atoms with E-state index in [1.165, 1.54) is 6.07 Å². The van der Waals surface area contributed by atoms with Gasteiger partial charge in [-0.05, 0) is 31.0 Å². The molecule has 7 nitrogen and oxygen atoms in total. The molecule has 3 rings (SSSR count). The van der Waals surface area contributed by atoms with Gasteiger partial charge in [0.15, 0.2) is 0 Å². The highest BCUT2D eigenvalue weighted by Gasteiger charge is 2.30. The molecule has 25 heavy (non-hydrogen) atoms. The maximum Gasteiger partial charge on any atom is 0.243 e. The van der Waals surface area contributed by atoms with Crippen molar-refractivity contribution in [3.05, 3.63) is 24.0 Å². The lowest BCUT2D eigenvalue weighted by atomic mass is 10.2. The molecule has 1 heterocycles. The fourth-order valence-electron chi connectivity index (χ4n) is 2.46. The Morgan fingerprint density at radius 1 is 1.36 bits per heavy atom. The molecule has 2 aliphatic rings. The lowest BCUT2D eigenvalue weighted by molar-refractivity contribution is -0.117. The number of morpholine rings is 1. The number of amides is 1. The number of ether oxygens (including phenoxy) is 1. The van der Waals surface area contributed by atoms with E-state index in [4.69, 9.17) is 4.74 Å². The largest absolute Gasteiger partial charge is 0.378 e. The van der Waals surface area contributed by atoms with Crippen molar-refractivity contribution < 1.29 is 22.3 Å². The first-order chi connectivity index (χ1) is 11.4. The van der Waals surface area contributed by atoms with Crippen LogP contribution in [-0.4, -0.2) is 46.2 Å². The first-order valence-corrected chi connectivity index (χ1v) is 9.35. The highest BCUT2D eigenvalue weighted by Crippen LogP contribution is 2.25. The van der Waals surface area contributed by atoms with Crippen LogP contribution in [0.4, 0.5) is 10.1 Å². The standard InChI is InChI=1S/C15H20FN3O4S.ClH/c16-13-4-3-11(7-14(13)24(21,22)19-10-1-2-10)18-15(20)8-12-9-23-6-5-17-12;/h3-4,7,10,12,17,19H,1-2,5-6,8-9H2,(H,18,20);1H. The fraction of sp³-hybridized carbons (Fsp3) is 0.533. The minimum absolute atomic E-state index is 0. The second-order valence-electron chi connectivity index (χ2n) is 6.02. The molecule has 3 N–H and O–H groups in total. The summed E-state index contributed by atoms with van der Waals surface area (Å²) in [7, 11) is -3.92. The van der Waals surface area contributed by atoms with Crippen molar-refractivity contribution in [1.29, 1.82) is 0 Å². The SMILES string of the molecule is Cl.O=C(CC1COCCN1)Nc1ccc(F)c(S(=O)(=O)NC2CC2)c1. The fourth-order valence-corrected chi connectivity index (χ4v) is 3.87. The third-order valence-electron chi connectivity index (χ3n) is 3.83. The lowest BCUT2D eigenvalue weighted by Crippen LogP contribution is -2.43. The number of hydrogen-bond acceptors (Lipinski definition) is 5. The van der Waals surface area contributed by atoms with E-state index in [-0.39, 0.29) is 42.5 Å². The molecule has 0 radical (unpaired) electrons. The molecule has 0 bridgehead atoms. The van der Waals surface area contributed by atoms with Crippen LogP contribution >= 0.6 is 12.4 Å². The first-order valence-electron chi connectivity index (χ1n) is 7.87. The summed E-state index contributed by atoms with van der Waals surface area (Å²) < 4.78 is 45.9. The van der Waals surface area contributed by atoms with Gasteiger partial charge in [0.05, 0.1) is 13.2 Å². The zero-order valence-corrected chi connectivity index (χ0v) is 15.1. The third kappa shape index (κ3) is 5.61. The summed E-state index contributed by atoms with van der Waals surface area (Å²) in [6.07, 6.45) is 1.71. The van der Waals surface area contributed by atoms with Gasteiger partial charge < -0.3 is 15.4 Å². The second-order valence-corrected chi connectivity index (χ2v) is 7.70. The highest BCUT2D eigenvalue weighted by molar-refractivity contribution is 7.89. The van der Waals surface area contributed by atoms with Crippen LogP contribution < -0.4 is 15.4 Å². The van der Waals surface area contributed by atoms with Gasteiger partial charge in [-0.1, -0.05) is 0 Å². The van der Waals surface area contributed by atoms with Crippen LogP contribution in [0.5, 0.6) is 0 Å². The summed E-state index contributed by atoms with van der Waals surface area (Å²) in [6, 6.07) is 3.32. The van der Waals surface area contributed by atoms with Crippen molar-refractivity contribution in [1.82, 2.24) is 10.0 Å². The number of carbonyl (C=O) groups is 1. The molecule has 1 saturated heterocycles. The number of halogens is 2. The number of benzene rings is 1. The van der Waals surface area contributed by atoms with Gasteiger partial charge in [-0.15, -0.1) is 12.4 Å². The van der Waals surface area contributed by atoms with E-state index in [0.29, 0.717) is 19.8 Å². The monoisotopic (exact) mass is 393 g/mol. The van der Waals surface area contributed by atoms with Gasteiger partial charge in [0, 0.05) is 30.7 Å². The van der Waals surface area contributed by atoms with Crippen molar-refractivity contribution in [2.24, 2.45) is 0 Å². The topological polar surface area (TPSA) is 96.5 Å². The minimum atomic E-state index is -3.92. The Hall–Kier alpha value is -1.26. The zero-order valence-electron chi connectivity index (χ0n) is 13.5. The number of carbonyl (C=O) groups excluding carboxylic acids is 1. The van der Waals surface area contributed by atoms with E-state index in [9.17, 15) is 17.6 Å². The summed E-state index contributed by atoms with van der Waals surface area (Å²) >= 11 is 0. The molecule has 1 aromatic rings. The van der Waals surface area contributed by atoms with E-state index in [2.05, 4.69) is 15.4 Å². The molecule has 1 aliphatic heterocycles. The van der Waals surface area contributed by atoms with Gasteiger partial charge in [-0.3, -0.25) is 4.79 Å². The van der Waals surface area contributed by atoms with Crippen LogP contribution in [-0.2, 0) is 19.6 Å². The van der Waals surface area contributed by atoms with Crippen molar-refractivity contribution in [2.75, 3.05) is 25.1 Å². The van der Waals surface area contributed by atoms with Crippen molar-refractivity contribution >= 4 is 34.0 Å². The smallest absolute Gasteiger partial charge is 0.243 e. The van der Waals surface area contributed by atoms with Crippen LogP contribution in [0.2, 0.25) is 0 Å². The third-order valence-corrected chi connectivity index (χ3v) is 5.37. The Morgan fingerprint density at radius 2 is 2.12 bits per heavy atom. The molecule has 140 valence electrons. The summed E-state index contributed by atoms with van der Waals surface area (Å²) in [4.78, 5) is 11.6. The summed E-state index contributed by atoms with van der Waals surface area (Å²) in [6.45, 7) is 1.75.